The Morgan fingerprint density at radius 1 is 1.33 bits per heavy atom. The van der Waals surface area contributed by atoms with Crippen LogP contribution in [0.1, 0.15) is 5.69 Å². The molecule has 0 fully saturated rings. The molecule has 3 aromatic rings. The first-order valence-corrected chi connectivity index (χ1v) is 6.29. The number of anilines is 1. The number of hydrogen-bond donors (Lipinski definition) is 1. The molecule has 0 aliphatic carbocycles. The maximum atomic E-state index is 6.01. The van der Waals surface area contributed by atoms with E-state index in [-0.39, 0.29) is 0 Å². The van der Waals surface area contributed by atoms with E-state index in [2.05, 4.69) is 26.0 Å². The van der Waals surface area contributed by atoms with E-state index < -0.39 is 0 Å². The van der Waals surface area contributed by atoms with E-state index in [1.807, 2.05) is 42.9 Å². The smallest absolute Gasteiger partial charge is 0.206 e. The number of nitrogen functional groups attached to an aromatic ring is 1. The zero-order valence-electron chi connectivity index (χ0n) is 10.1. The van der Waals surface area contributed by atoms with Gasteiger partial charge < -0.3 is 5.73 Å². The number of hydrogen-bond acceptors (Lipinski definition) is 3. The van der Waals surface area contributed by atoms with Gasteiger partial charge in [-0.3, -0.25) is 9.25 Å². The molecule has 0 spiro atoms. The molecule has 2 heterocycles. The fourth-order valence-corrected chi connectivity index (χ4v) is 2.48. The minimum absolute atomic E-state index is 0.471. The molecule has 0 saturated heterocycles. The lowest BCUT2D eigenvalue weighted by atomic mass is 10.3. The summed E-state index contributed by atoms with van der Waals surface area (Å²) in [5.41, 5.74) is 9.73. The van der Waals surface area contributed by atoms with E-state index in [1.165, 1.54) is 0 Å². The molecule has 0 aliphatic heterocycles. The molecule has 0 aliphatic rings. The Bertz CT molecular complexity index is 740. The molecule has 0 radical (unpaired) electrons. The summed E-state index contributed by atoms with van der Waals surface area (Å²) in [4.78, 5) is 4.36. The number of fused-ring (bicyclic) bond motifs is 1. The van der Waals surface area contributed by atoms with Crippen molar-refractivity contribution < 1.29 is 0 Å². The summed E-state index contributed by atoms with van der Waals surface area (Å²) in [5, 5.41) is 4.34. The highest BCUT2D eigenvalue weighted by molar-refractivity contribution is 9.10. The first-order chi connectivity index (χ1) is 8.56. The average Bonchev–Trinajstić information content (AvgIpc) is 2.77. The van der Waals surface area contributed by atoms with Crippen LogP contribution in [0.5, 0.6) is 0 Å². The SMILES string of the molecule is Cc1nn(C)cc1-n1c(N)nc2ccc(Br)cc21. The molecular formula is C12H12BrN5. The van der Waals surface area contributed by atoms with Gasteiger partial charge in [-0.05, 0) is 25.1 Å². The van der Waals surface area contributed by atoms with Crippen LogP contribution in [0.15, 0.2) is 28.9 Å². The first kappa shape index (κ1) is 11.3. The standard InChI is InChI=1S/C12H12BrN5/c1-7-11(6-17(2)16-7)18-10-5-8(13)3-4-9(10)15-12(18)14/h3-6H,1-2H3,(H2,14,15). The summed E-state index contributed by atoms with van der Waals surface area (Å²) in [6, 6.07) is 5.90. The molecule has 92 valence electrons. The molecule has 0 unspecified atom stereocenters. The van der Waals surface area contributed by atoms with Gasteiger partial charge in [0.25, 0.3) is 0 Å². The van der Waals surface area contributed by atoms with Crippen molar-refractivity contribution in [2.24, 2.45) is 7.05 Å². The van der Waals surface area contributed by atoms with Gasteiger partial charge in [-0.25, -0.2) is 4.98 Å². The van der Waals surface area contributed by atoms with Crippen molar-refractivity contribution in [3.05, 3.63) is 34.6 Å². The van der Waals surface area contributed by atoms with Crippen molar-refractivity contribution >= 4 is 32.9 Å². The van der Waals surface area contributed by atoms with Crippen LogP contribution in [0.2, 0.25) is 0 Å². The Hall–Kier alpha value is -1.82. The van der Waals surface area contributed by atoms with Gasteiger partial charge in [0.05, 0.1) is 22.4 Å². The summed E-state index contributed by atoms with van der Waals surface area (Å²) in [5.74, 6) is 0.471. The quantitative estimate of drug-likeness (QED) is 0.751. The van der Waals surface area contributed by atoms with Gasteiger partial charge >= 0.3 is 0 Å². The van der Waals surface area contributed by atoms with E-state index in [0.717, 1.165) is 26.9 Å². The third-order valence-corrected chi connectivity index (χ3v) is 3.36. The molecule has 5 nitrogen and oxygen atoms in total. The number of nitrogens with two attached hydrogens (primary N) is 1. The Balaban J connectivity index is 2.37. The van der Waals surface area contributed by atoms with Crippen molar-refractivity contribution in [1.29, 1.82) is 0 Å². The van der Waals surface area contributed by atoms with Crippen LogP contribution in [0.3, 0.4) is 0 Å². The summed E-state index contributed by atoms with van der Waals surface area (Å²) < 4.78 is 4.69. The third-order valence-electron chi connectivity index (χ3n) is 2.87. The Labute approximate surface area is 112 Å². The highest BCUT2D eigenvalue weighted by Crippen LogP contribution is 2.26. The number of aromatic nitrogens is 4. The lowest BCUT2D eigenvalue weighted by Crippen LogP contribution is -2.01. The fraction of sp³-hybridized carbons (Fsp3) is 0.167. The van der Waals surface area contributed by atoms with Crippen LogP contribution in [-0.2, 0) is 7.05 Å². The number of rotatable bonds is 1. The Kier molecular flexibility index (Phi) is 2.41. The summed E-state index contributed by atoms with van der Waals surface area (Å²) in [6.45, 7) is 1.96. The molecular weight excluding hydrogens is 294 g/mol. The second-order valence-electron chi connectivity index (χ2n) is 4.21. The predicted octanol–water partition coefficient (Wildman–Crippen LogP) is 2.41. The van der Waals surface area contributed by atoms with E-state index in [0.29, 0.717) is 5.95 Å². The summed E-state index contributed by atoms with van der Waals surface area (Å²) >= 11 is 3.47. The number of halogens is 1. The molecule has 18 heavy (non-hydrogen) atoms. The molecule has 6 heteroatoms. The van der Waals surface area contributed by atoms with Crippen LogP contribution in [0.25, 0.3) is 16.7 Å². The van der Waals surface area contributed by atoms with Gasteiger partial charge in [0.15, 0.2) is 0 Å². The maximum absolute atomic E-state index is 6.01. The number of imidazole rings is 1. The molecule has 0 atom stereocenters. The highest BCUT2D eigenvalue weighted by atomic mass is 79.9. The van der Waals surface area contributed by atoms with Gasteiger partial charge in [0.1, 0.15) is 0 Å². The molecule has 2 aromatic heterocycles. The highest BCUT2D eigenvalue weighted by Gasteiger charge is 2.14. The first-order valence-electron chi connectivity index (χ1n) is 5.50. The Morgan fingerprint density at radius 2 is 2.11 bits per heavy atom. The van der Waals surface area contributed by atoms with Crippen LogP contribution in [0, 0.1) is 6.92 Å². The second-order valence-corrected chi connectivity index (χ2v) is 5.13. The lowest BCUT2D eigenvalue weighted by Gasteiger charge is -2.04. The van der Waals surface area contributed by atoms with E-state index in [4.69, 9.17) is 5.73 Å². The average molecular weight is 306 g/mol. The zero-order chi connectivity index (χ0) is 12.9. The summed E-state index contributed by atoms with van der Waals surface area (Å²) in [7, 11) is 1.89. The van der Waals surface area contributed by atoms with Gasteiger partial charge in [0.2, 0.25) is 5.95 Å². The molecule has 0 bridgehead atoms. The molecule has 0 amide bonds. The number of nitrogens with zero attached hydrogens (tertiary/aromatic N) is 4. The zero-order valence-corrected chi connectivity index (χ0v) is 11.6. The van der Waals surface area contributed by atoms with Crippen molar-refractivity contribution in [2.75, 3.05) is 5.73 Å². The van der Waals surface area contributed by atoms with E-state index in [1.54, 1.807) is 4.68 Å². The van der Waals surface area contributed by atoms with Crippen LogP contribution < -0.4 is 5.73 Å². The minimum Gasteiger partial charge on any atom is -0.369 e. The molecule has 0 saturated carbocycles. The monoisotopic (exact) mass is 305 g/mol. The predicted molar refractivity (Wildman–Crippen MR) is 74.7 cm³/mol. The van der Waals surface area contributed by atoms with E-state index in [9.17, 15) is 0 Å². The van der Waals surface area contributed by atoms with E-state index >= 15 is 0 Å². The third kappa shape index (κ3) is 1.60. The van der Waals surface area contributed by atoms with Crippen LogP contribution >= 0.6 is 15.9 Å². The second kappa shape index (κ2) is 3.84. The van der Waals surface area contributed by atoms with Crippen molar-refractivity contribution in [3.63, 3.8) is 0 Å². The molecule has 3 rings (SSSR count). The maximum Gasteiger partial charge on any atom is 0.206 e. The fourth-order valence-electron chi connectivity index (χ4n) is 2.13. The largest absolute Gasteiger partial charge is 0.369 e. The van der Waals surface area contributed by atoms with Gasteiger partial charge in [-0.1, -0.05) is 15.9 Å². The van der Waals surface area contributed by atoms with Crippen molar-refractivity contribution in [3.8, 4) is 5.69 Å². The molecule has 1 aromatic carbocycles. The van der Waals surface area contributed by atoms with Gasteiger partial charge in [-0.2, -0.15) is 5.10 Å². The van der Waals surface area contributed by atoms with Gasteiger partial charge in [0, 0.05) is 17.7 Å². The normalized spacial score (nSPS) is 11.3. The van der Waals surface area contributed by atoms with Crippen LogP contribution in [-0.4, -0.2) is 19.3 Å². The minimum atomic E-state index is 0.471. The Morgan fingerprint density at radius 3 is 2.78 bits per heavy atom. The van der Waals surface area contributed by atoms with Crippen molar-refractivity contribution in [1.82, 2.24) is 19.3 Å². The topological polar surface area (TPSA) is 61.7 Å². The summed E-state index contributed by atoms with van der Waals surface area (Å²) in [6.07, 6.45) is 1.94. The number of aryl methyl sites for hydroxylation is 2. The van der Waals surface area contributed by atoms with Crippen molar-refractivity contribution in [2.45, 2.75) is 6.92 Å². The molecule has 2 N–H and O–H groups in total. The lowest BCUT2D eigenvalue weighted by molar-refractivity contribution is 0.756. The number of benzene rings is 1. The van der Waals surface area contributed by atoms with Crippen LogP contribution in [0.4, 0.5) is 5.95 Å². The van der Waals surface area contributed by atoms with Gasteiger partial charge in [-0.15, -0.1) is 0 Å².